The summed E-state index contributed by atoms with van der Waals surface area (Å²) in [6.45, 7) is 1.13. The lowest BCUT2D eigenvalue weighted by Gasteiger charge is -2.42. The van der Waals surface area contributed by atoms with E-state index in [4.69, 9.17) is 14.6 Å². The number of hydrogen-bond acceptors (Lipinski definition) is 4. The number of para-hydroxylation sites is 1. The van der Waals surface area contributed by atoms with Crippen molar-refractivity contribution in [3.05, 3.63) is 101 Å². The molecule has 1 saturated heterocycles. The molecule has 7 heteroatoms. The summed E-state index contributed by atoms with van der Waals surface area (Å²) >= 11 is 0. The third kappa shape index (κ3) is 4.91. The first-order chi connectivity index (χ1) is 16.9. The second kappa shape index (κ2) is 9.50. The normalized spacial score (nSPS) is 16.8. The van der Waals surface area contributed by atoms with Crippen LogP contribution in [-0.2, 0) is 11.4 Å². The van der Waals surface area contributed by atoms with Crippen LogP contribution in [0.5, 0.6) is 11.5 Å². The van der Waals surface area contributed by atoms with Gasteiger partial charge in [0.2, 0.25) is 0 Å². The fourth-order valence-corrected chi connectivity index (χ4v) is 4.72. The molecule has 0 unspecified atom stereocenters. The molecule has 1 N–H and O–H groups in total. The maximum Gasteiger partial charge on any atom is 0.317 e. The van der Waals surface area contributed by atoms with Gasteiger partial charge < -0.3 is 14.6 Å². The van der Waals surface area contributed by atoms with Gasteiger partial charge in [-0.05, 0) is 41.0 Å². The van der Waals surface area contributed by atoms with E-state index in [1.165, 1.54) is 12.1 Å². The third-order valence-corrected chi connectivity index (χ3v) is 6.49. The Bertz CT molecular complexity index is 1240. The molecule has 180 valence electrons. The van der Waals surface area contributed by atoms with Crippen molar-refractivity contribution in [3.8, 4) is 11.5 Å². The molecule has 0 saturated carbocycles. The van der Waals surface area contributed by atoms with Crippen LogP contribution in [-0.4, -0.2) is 41.2 Å². The number of nitrogens with zero attached hydrogens (tertiary/aromatic N) is 1. The second-order valence-corrected chi connectivity index (χ2v) is 8.93. The number of carboxylic acid groups (broad SMARTS) is 1. The maximum absolute atomic E-state index is 15.1. The minimum absolute atomic E-state index is 0.0237. The lowest BCUT2D eigenvalue weighted by Crippen LogP contribution is -2.49. The van der Waals surface area contributed by atoms with E-state index in [1.54, 1.807) is 0 Å². The monoisotopic (exact) mass is 477 g/mol. The molecule has 0 amide bonds. The summed E-state index contributed by atoms with van der Waals surface area (Å²) in [4.78, 5) is 13.0. The second-order valence-electron chi connectivity index (χ2n) is 8.93. The Kier molecular flexibility index (Phi) is 6.26. The predicted octanol–water partition coefficient (Wildman–Crippen LogP) is 5.29. The first kappa shape index (κ1) is 23.1. The Morgan fingerprint density at radius 3 is 2.34 bits per heavy atom. The number of aliphatic carboxylic acids is 1. The largest absolute Gasteiger partial charge is 0.483 e. The van der Waals surface area contributed by atoms with Gasteiger partial charge in [0.25, 0.3) is 0 Å². The molecule has 0 bridgehead atoms. The molecular weight excluding hydrogens is 452 g/mol. The van der Waals surface area contributed by atoms with Crippen LogP contribution >= 0.6 is 0 Å². The average molecular weight is 478 g/mol. The maximum atomic E-state index is 15.1. The van der Waals surface area contributed by atoms with Gasteiger partial charge in [-0.2, -0.15) is 0 Å². The molecule has 3 aromatic carbocycles. The number of carboxylic acids is 1. The van der Waals surface area contributed by atoms with Crippen molar-refractivity contribution in [3.63, 3.8) is 0 Å². The Balaban J connectivity index is 1.45. The van der Waals surface area contributed by atoms with Gasteiger partial charge in [-0.3, -0.25) is 9.69 Å². The molecule has 5 rings (SSSR count). The molecule has 1 fully saturated rings. The first-order valence-electron chi connectivity index (χ1n) is 11.5. The molecule has 2 heterocycles. The molecule has 0 aliphatic carbocycles. The molecule has 2 aliphatic rings. The zero-order valence-corrected chi connectivity index (χ0v) is 19.0. The zero-order valence-electron chi connectivity index (χ0n) is 19.0. The molecule has 5 nitrogen and oxygen atoms in total. The molecule has 0 radical (unpaired) electrons. The van der Waals surface area contributed by atoms with Crippen LogP contribution < -0.4 is 9.47 Å². The van der Waals surface area contributed by atoms with E-state index in [1.807, 2.05) is 65.6 Å². The van der Waals surface area contributed by atoms with E-state index in [-0.39, 0.29) is 13.2 Å². The zero-order chi connectivity index (χ0) is 24.4. The molecule has 2 aliphatic heterocycles. The van der Waals surface area contributed by atoms with Crippen molar-refractivity contribution in [2.24, 2.45) is 0 Å². The summed E-state index contributed by atoms with van der Waals surface area (Å²) in [6, 6.07) is 19.2. The van der Waals surface area contributed by atoms with E-state index >= 15 is 8.78 Å². The Hall–Kier alpha value is -3.71. The molecular formula is C28H25F2NO4. The fraction of sp³-hybridized carbons (Fsp3) is 0.250. The highest BCUT2D eigenvalue weighted by molar-refractivity contribution is 5.85. The van der Waals surface area contributed by atoms with E-state index in [0.717, 1.165) is 11.1 Å². The van der Waals surface area contributed by atoms with Crippen LogP contribution in [0, 0.1) is 11.6 Å². The molecule has 35 heavy (non-hydrogen) atoms. The lowest BCUT2D eigenvalue weighted by atomic mass is 9.83. The number of carbonyl (C=O) groups is 1. The van der Waals surface area contributed by atoms with Crippen LogP contribution in [0.2, 0.25) is 0 Å². The van der Waals surface area contributed by atoms with Gasteiger partial charge in [0.15, 0.2) is 17.4 Å². The molecule has 0 aromatic heterocycles. The number of benzene rings is 3. The van der Waals surface area contributed by atoms with E-state index in [9.17, 15) is 4.79 Å². The minimum Gasteiger partial charge on any atom is -0.483 e. The number of piperidine rings is 1. The van der Waals surface area contributed by atoms with Crippen molar-refractivity contribution in [1.82, 2.24) is 4.90 Å². The van der Waals surface area contributed by atoms with Gasteiger partial charge >= 0.3 is 5.97 Å². The van der Waals surface area contributed by atoms with Gasteiger partial charge in [0.05, 0.1) is 6.54 Å². The number of likely N-dealkylation sites (tertiary alicyclic amines) is 1. The van der Waals surface area contributed by atoms with Crippen molar-refractivity contribution in [2.75, 3.05) is 19.6 Å². The summed E-state index contributed by atoms with van der Waals surface area (Å²) < 4.78 is 42.0. The average Bonchev–Trinajstić information content (AvgIpc) is 2.85. The van der Waals surface area contributed by atoms with E-state index in [2.05, 4.69) is 0 Å². The van der Waals surface area contributed by atoms with Crippen LogP contribution in [0.15, 0.2) is 72.8 Å². The quantitative estimate of drug-likeness (QED) is 0.523. The van der Waals surface area contributed by atoms with Gasteiger partial charge in [-0.15, -0.1) is 0 Å². The highest BCUT2D eigenvalue weighted by Gasteiger charge is 2.39. The highest BCUT2D eigenvalue weighted by atomic mass is 19.1. The topological polar surface area (TPSA) is 59.0 Å². The van der Waals surface area contributed by atoms with Gasteiger partial charge in [-0.25, -0.2) is 8.78 Å². The van der Waals surface area contributed by atoms with Crippen LogP contribution in [0.1, 0.15) is 29.5 Å². The van der Waals surface area contributed by atoms with Crippen molar-refractivity contribution >= 4 is 11.5 Å². The van der Waals surface area contributed by atoms with Crippen LogP contribution in [0.4, 0.5) is 8.78 Å². The van der Waals surface area contributed by atoms with Crippen LogP contribution in [0.3, 0.4) is 0 Å². The summed E-state index contributed by atoms with van der Waals surface area (Å²) in [7, 11) is 0. The number of hydrogen-bond donors (Lipinski definition) is 1. The number of ether oxygens (including phenoxy) is 2. The Morgan fingerprint density at radius 1 is 1.00 bits per heavy atom. The fourth-order valence-electron chi connectivity index (χ4n) is 4.72. The standard InChI is InChI=1S/C28H25F2NO4/c29-23-14-20(15-24(30)27(23)34-18-19-6-2-1-3-7-19)22-16-28(35-25-9-5-4-8-21(22)25)10-12-31(13-11-28)17-26(32)33/h1-9,14-16H,10-13,17-18H2,(H,32,33). The molecule has 3 aromatic rings. The van der Waals surface area contributed by atoms with Crippen molar-refractivity contribution < 1.29 is 28.2 Å². The van der Waals surface area contributed by atoms with E-state index in [0.29, 0.717) is 42.8 Å². The number of halogens is 2. The third-order valence-electron chi connectivity index (χ3n) is 6.49. The van der Waals surface area contributed by atoms with E-state index < -0.39 is 29.0 Å². The minimum atomic E-state index is -0.868. The summed E-state index contributed by atoms with van der Waals surface area (Å²) in [6.07, 6.45) is 3.08. The molecule has 0 atom stereocenters. The number of rotatable bonds is 6. The summed E-state index contributed by atoms with van der Waals surface area (Å²) in [5, 5.41) is 9.10. The smallest absolute Gasteiger partial charge is 0.317 e. The Labute approximate surface area is 202 Å². The lowest BCUT2D eigenvalue weighted by molar-refractivity contribution is -0.139. The number of fused-ring (bicyclic) bond motifs is 1. The van der Waals surface area contributed by atoms with Gasteiger partial charge in [0.1, 0.15) is 18.0 Å². The summed E-state index contributed by atoms with van der Waals surface area (Å²) in [5.74, 6) is -2.18. The van der Waals surface area contributed by atoms with Gasteiger partial charge in [-0.1, -0.05) is 48.5 Å². The van der Waals surface area contributed by atoms with Gasteiger partial charge in [0, 0.05) is 31.5 Å². The van der Waals surface area contributed by atoms with Crippen LogP contribution in [0.25, 0.3) is 5.57 Å². The van der Waals surface area contributed by atoms with Crippen molar-refractivity contribution in [2.45, 2.75) is 25.0 Å². The highest BCUT2D eigenvalue weighted by Crippen LogP contribution is 2.44. The Morgan fingerprint density at radius 2 is 1.66 bits per heavy atom. The predicted molar refractivity (Wildman–Crippen MR) is 127 cm³/mol. The van der Waals surface area contributed by atoms with Crippen molar-refractivity contribution in [1.29, 1.82) is 0 Å². The summed E-state index contributed by atoms with van der Waals surface area (Å²) in [5.41, 5.74) is 1.98. The first-order valence-corrected chi connectivity index (χ1v) is 11.5. The molecule has 1 spiro atoms. The SMILES string of the molecule is O=C(O)CN1CCC2(C=C(c3cc(F)c(OCc4ccccc4)c(F)c3)c3ccccc3O2)CC1.